The Labute approximate surface area is 110 Å². The number of carbonyl (C=O) groups excluding carboxylic acids is 1. The van der Waals surface area contributed by atoms with Crippen LogP contribution >= 0.6 is 11.8 Å². The van der Waals surface area contributed by atoms with Crippen molar-refractivity contribution in [3.63, 3.8) is 0 Å². The lowest BCUT2D eigenvalue weighted by atomic mass is 10.4. The SMILES string of the molecule is O=C(C=CSc1ccccc1)Nc1cccnc1. The highest BCUT2D eigenvalue weighted by atomic mass is 32.2. The monoisotopic (exact) mass is 256 g/mol. The summed E-state index contributed by atoms with van der Waals surface area (Å²) in [6.07, 6.45) is 4.78. The Morgan fingerprint density at radius 1 is 1.17 bits per heavy atom. The first-order valence-electron chi connectivity index (χ1n) is 5.44. The molecular formula is C14H12N2OS. The van der Waals surface area contributed by atoms with Gasteiger partial charge in [0.25, 0.3) is 0 Å². The minimum Gasteiger partial charge on any atom is -0.321 e. The lowest BCUT2D eigenvalue weighted by molar-refractivity contribution is -0.111. The second-order valence-electron chi connectivity index (χ2n) is 3.46. The van der Waals surface area contributed by atoms with Gasteiger partial charge < -0.3 is 5.32 Å². The maximum absolute atomic E-state index is 11.6. The Balaban J connectivity index is 1.85. The smallest absolute Gasteiger partial charge is 0.248 e. The molecule has 4 heteroatoms. The van der Waals surface area contributed by atoms with Crippen LogP contribution in [0.15, 0.2) is 71.2 Å². The molecule has 0 aliphatic heterocycles. The van der Waals surface area contributed by atoms with Crippen LogP contribution in [0.2, 0.25) is 0 Å². The number of pyridine rings is 1. The minimum atomic E-state index is -0.161. The predicted octanol–water partition coefficient (Wildman–Crippen LogP) is 3.33. The second kappa shape index (κ2) is 6.61. The Morgan fingerprint density at radius 3 is 2.72 bits per heavy atom. The van der Waals surface area contributed by atoms with Gasteiger partial charge in [-0.25, -0.2) is 0 Å². The third-order valence-electron chi connectivity index (χ3n) is 2.10. The van der Waals surface area contributed by atoms with Crippen LogP contribution in [0.1, 0.15) is 0 Å². The maximum Gasteiger partial charge on any atom is 0.248 e. The lowest BCUT2D eigenvalue weighted by Gasteiger charge is -1.99. The average Bonchev–Trinajstić information content (AvgIpc) is 2.41. The molecule has 2 rings (SSSR count). The normalized spacial score (nSPS) is 10.4. The number of amides is 1. The predicted molar refractivity (Wildman–Crippen MR) is 74.3 cm³/mol. The topological polar surface area (TPSA) is 42.0 Å². The number of hydrogen-bond donors (Lipinski definition) is 1. The molecule has 18 heavy (non-hydrogen) atoms. The van der Waals surface area contributed by atoms with E-state index in [0.29, 0.717) is 5.69 Å². The molecule has 0 fully saturated rings. The fourth-order valence-corrected chi connectivity index (χ4v) is 1.96. The number of nitrogens with zero attached hydrogens (tertiary/aromatic N) is 1. The molecule has 0 atom stereocenters. The molecule has 1 aromatic heterocycles. The van der Waals surface area contributed by atoms with Crippen LogP contribution in [0.4, 0.5) is 5.69 Å². The third-order valence-corrected chi connectivity index (χ3v) is 2.91. The van der Waals surface area contributed by atoms with Crippen LogP contribution in [0, 0.1) is 0 Å². The van der Waals surface area contributed by atoms with E-state index in [1.54, 1.807) is 29.9 Å². The van der Waals surface area contributed by atoms with Gasteiger partial charge in [-0.1, -0.05) is 30.0 Å². The van der Waals surface area contributed by atoms with Crippen LogP contribution in [0.25, 0.3) is 0 Å². The van der Waals surface area contributed by atoms with Crippen molar-refractivity contribution in [3.8, 4) is 0 Å². The van der Waals surface area contributed by atoms with E-state index in [4.69, 9.17) is 0 Å². The first-order chi connectivity index (χ1) is 8.84. The summed E-state index contributed by atoms with van der Waals surface area (Å²) in [6, 6.07) is 13.4. The number of nitrogens with one attached hydrogen (secondary N) is 1. The number of thioether (sulfide) groups is 1. The molecular weight excluding hydrogens is 244 g/mol. The number of benzene rings is 1. The van der Waals surface area contributed by atoms with Crippen molar-refractivity contribution in [3.05, 3.63) is 66.3 Å². The van der Waals surface area contributed by atoms with E-state index in [1.807, 2.05) is 30.3 Å². The van der Waals surface area contributed by atoms with Gasteiger partial charge in [-0.3, -0.25) is 9.78 Å². The summed E-state index contributed by atoms with van der Waals surface area (Å²) in [5.41, 5.74) is 0.692. The van der Waals surface area contributed by atoms with Gasteiger partial charge in [0, 0.05) is 17.2 Å². The van der Waals surface area contributed by atoms with Gasteiger partial charge in [-0.15, -0.1) is 0 Å². The minimum absolute atomic E-state index is 0.161. The number of aromatic nitrogens is 1. The quantitative estimate of drug-likeness (QED) is 0.674. The van der Waals surface area contributed by atoms with Gasteiger partial charge in [0.1, 0.15) is 0 Å². The number of rotatable bonds is 4. The average molecular weight is 256 g/mol. The zero-order chi connectivity index (χ0) is 12.6. The van der Waals surface area contributed by atoms with Crippen molar-refractivity contribution in [1.29, 1.82) is 0 Å². The zero-order valence-corrected chi connectivity index (χ0v) is 10.4. The Hall–Kier alpha value is -2.07. The molecule has 0 radical (unpaired) electrons. The van der Waals surface area contributed by atoms with E-state index in [-0.39, 0.29) is 5.91 Å². The van der Waals surface area contributed by atoms with Crippen LogP contribution in [-0.4, -0.2) is 10.9 Å². The van der Waals surface area contributed by atoms with E-state index >= 15 is 0 Å². The molecule has 90 valence electrons. The number of carbonyl (C=O) groups is 1. The first kappa shape index (κ1) is 12.4. The van der Waals surface area contributed by atoms with E-state index < -0.39 is 0 Å². The molecule has 0 unspecified atom stereocenters. The van der Waals surface area contributed by atoms with Crippen molar-refractivity contribution in [1.82, 2.24) is 4.98 Å². The largest absolute Gasteiger partial charge is 0.321 e. The van der Waals surface area contributed by atoms with Crippen molar-refractivity contribution in [2.75, 3.05) is 5.32 Å². The highest BCUT2D eigenvalue weighted by Crippen LogP contribution is 2.17. The first-order valence-corrected chi connectivity index (χ1v) is 6.32. The van der Waals surface area contributed by atoms with Gasteiger partial charge in [0.15, 0.2) is 0 Å². The number of anilines is 1. The van der Waals surface area contributed by atoms with Gasteiger partial charge in [0.05, 0.1) is 11.9 Å². The number of hydrogen-bond acceptors (Lipinski definition) is 3. The van der Waals surface area contributed by atoms with E-state index in [0.717, 1.165) is 4.90 Å². The maximum atomic E-state index is 11.6. The highest BCUT2D eigenvalue weighted by Gasteiger charge is 1.96. The molecule has 0 saturated heterocycles. The Kier molecular flexibility index (Phi) is 4.55. The van der Waals surface area contributed by atoms with Crippen molar-refractivity contribution in [2.45, 2.75) is 4.90 Å². The summed E-state index contributed by atoms with van der Waals surface area (Å²) < 4.78 is 0. The van der Waals surface area contributed by atoms with Crippen molar-refractivity contribution < 1.29 is 4.79 Å². The van der Waals surface area contributed by atoms with Gasteiger partial charge in [-0.2, -0.15) is 0 Å². The van der Waals surface area contributed by atoms with Crippen LogP contribution < -0.4 is 5.32 Å². The molecule has 0 bridgehead atoms. The molecule has 0 spiro atoms. The molecule has 1 aromatic carbocycles. The summed E-state index contributed by atoms with van der Waals surface area (Å²) in [5, 5.41) is 4.49. The fourth-order valence-electron chi connectivity index (χ4n) is 1.29. The molecule has 0 aliphatic rings. The Morgan fingerprint density at radius 2 is 2.00 bits per heavy atom. The molecule has 2 aromatic rings. The van der Waals surface area contributed by atoms with Gasteiger partial charge in [0.2, 0.25) is 5.91 Å². The van der Waals surface area contributed by atoms with Gasteiger partial charge in [-0.05, 0) is 29.7 Å². The molecule has 1 N–H and O–H groups in total. The molecule has 0 saturated carbocycles. The molecule has 1 heterocycles. The third kappa shape index (κ3) is 4.07. The molecule has 3 nitrogen and oxygen atoms in total. The van der Waals surface area contributed by atoms with Crippen molar-refractivity contribution >= 4 is 23.4 Å². The summed E-state index contributed by atoms with van der Waals surface area (Å²) in [7, 11) is 0. The lowest BCUT2D eigenvalue weighted by Crippen LogP contribution is -2.07. The van der Waals surface area contributed by atoms with Crippen LogP contribution in [-0.2, 0) is 4.79 Å². The highest BCUT2D eigenvalue weighted by molar-refractivity contribution is 8.02. The van der Waals surface area contributed by atoms with Crippen LogP contribution in [0.5, 0.6) is 0 Å². The van der Waals surface area contributed by atoms with Gasteiger partial charge >= 0.3 is 0 Å². The summed E-state index contributed by atoms with van der Waals surface area (Å²) >= 11 is 1.50. The summed E-state index contributed by atoms with van der Waals surface area (Å²) in [5.74, 6) is -0.161. The van der Waals surface area contributed by atoms with Crippen molar-refractivity contribution in [2.24, 2.45) is 0 Å². The molecule has 0 aliphatic carbocycles. The van der Waals surface area contributed by atoms with Crippen LogP contribution in [0.3, 0.4) is 0 Å². The Bertz CT molecular complexity index is 526. The summed E-state index contributed by atoms with van der Waals surface area (Å²) in [6.45, 7) is 0. The van der Waals surface area contributed by atoms with E-state index in [2.05, 4.69) is 10.3 Å². The zero-order valence-electron chi connectivity index (χ0n) is 9.61. The standard InChI is InChI=1S/C14H12N2OS/c17-14(16-12-5-4-9-15-11-12)8-10-18-13-6-2-1-3-7-13/h1-11H,(H,16,17). The second-order valence-corrected chi connectivity index (χ2v) is 4.44. The summed E-state index contributed by atoms with van der Waals surface area (Å²) in [4.78, 5) is 16.6. The molecule has 1 amide bonds. The van der Waals surface area contributed by atoms with E-state index in [9.17, 15) is 4.79 Å². The van der Waals surface area contributed by atoms with E-state index in [1.165, 1.54) is 17.8 Å². The fraction of sp³-hybridized carbons (Fsp3) is 0.